The van der Waals surface area contributed by atoms with Crippen molar-refractivity contribution in [2.24, 2.45) is 0 Å². The SMILES string of the molecule is C[CH]Cn1ncc([N+](=O)[O-])c1C. The number of hydrogen-bond donors (Lipinski definition) is 0. The third-order valence-electron chi connectivity index (χ3n) is 1.63. The molecule has 1 heterocycles. The Balaban J connectivity index is 2.96. The van der Waals surface area contributed by atoms with E-state index in [-0.39, 0.29) is 5.69 Å². The standard InChI is InChI=1S/C7H10N3O2/c1-3-4-9-6(2)7(5-8-9)10(11)12/h3,5H,4H2,1-2H3. The summed E-state index contributed by atoms with van der Waals surface area (Å²) >= 11 is 0. The van der Waals surface area contributed by atoms with Gasteiger partial charge in [-0.05, 0) is 13.3 Å². The van der Waals surface area contributed by atoms with Crippen molar-refractivity contribution >= 4 is 5.69 Å². The van der Waals surface area contributed by atoms with Crippen molar-refractivity contribution in [3.8, 4) is 0 Å². The van der Waals surface area contributed by atoms with Crippen molar-refractivity contribution in [3.05, 3.63) is 28.4 Å². The van der Waals surface area contributed by atoms with Crippen LogP contribution in [0.1, 0.15) is 12.6 Å². The molecule has 0 spiro atoms. The molecule has 0 aliphatic heterocycles. The molecule has 1 radical (unpaired) electrons. The molecule has 0 fully saturated rings. The lowest BCUT2D eigenvalue weighted by atomic mass is 10.4. The third kappa shape index (κ3) is 1.44. The van der Waals surface area contributed by atoms with E-state index in [4.69, 9.17) is 0 Å². The number of rotatable bonds is 3. The Kier molecular flexibility index (Phi) is 2.42. The fraction of sp³-hybridized carbons (Fsp3) is 0.429. The lowest BCUT2D eigenvalue weighted by Crippen LogP contribution is -2.01. The van der Waals surface area contributed by atoms with Crippen LogP contribution in [0.5, 0.6) is 0 Å². The van der Waals surface area contributed by atoms with Crippen LogP contribution in [0.15, 0.2) is 6.20 Å². The van der Waals surface area contributed by atoms with Gasteiger partial charge in [-0.15, -0.1) is 0 Å². The molecule has 0 N–H and O–H groups in total. The molecule has 0 saturated carbocycles. The molecule has 0 unspecified atom stereocenters. The van der Waals surface area contributed by atoms with Crippen LogP contribution in [0, 0.1) is 23.5 Å². The predicted molar refractivity (Wildman–Crippen MR) is 43.6 cm³/mol. The summed E-state index contributed by atoms with van der Waals surface area (Å²) in [6.07, 6.45) is 3.17. The highest BCUT2D eigenvalue weighted by Crippen LogP contribution is 2.15. The Bertz CT molecular complexity index is 293. The largest absolute Gasteiger partial charge is 0.309 e. The van der Waals surface area contributed by atoms with E-state index in [9.17, 15) is 10.1 Å². The fourth-order valence-electron chi connectivity index (χ4n) is 0.973. The van der Waals surface area contributed by atoms with E-state index in [1.807, 2.05) is 13.3 Å². The van der Waals surface area contributed by atoms with Crippen molar-refractivity contribution in [2.75, 3.05) is 0 Å². The number of hydrogen-bond acceptors (Lipinski definition) is 3. The zero-order valence-electron chi connectivity index (χ0n) is 7.02. The van der Waals surface area contributed by atoms with Gasteiger partial charge in [0.2, 0.25) is 0 Å². The van der Waals surface area contributed by atoms with E-state index in [1.54, 1.807) is 11.6 Å². The molecule has 0 atom stereocenters. The molecule has 0 aromatic carbocycles. The summed E-state index contributed by atoms with van der Waals surface area (Å²) < 4.78 is 1.60. The number of nitrogens with zero attached hydrogens (tertiary/aromatic N) is 3. The van der Waals surface area contributed by atoms with Crippen molar-refractivity contribution in [1.82, 2.24) is 9.78 Å². The van der Waals surface area contributed by atoms with Crippen molar-refractivity contribution in [2.45, 2.75) is 20.4 Å². The first-order valence-electron chi connectivity index (χ1n) is 3.61. The molecule has 0 bridgehead atoms. The second kappa shape index (κ2) is 3.34. The summed E-state index contributed by atoms with van der Waals surface area (Å²) in [4.78, 5) is 9.96. The molecular weight excluding hydrogens is 158 g/mol. The molecule has 1 rings (SSSR count). The van der Waals surface area contributed by atoms with Crippen LogP contribution >= 0.6 is 0 Å². The van der Waals surface area contributed by atoms with Crippen LogP contribution < -0.4 is 0 Å². The minimum Gasteiger partial charge on any atom is -0.262 e. The van der Waals surface area contributed by atoms with E-state index in [0.717, 1.165) is 0 Å². The molecule has 0 saturated heterocycles. The number of nitro groups is 1. The maximum Gasteiger partial charge on any atom is 0.309 e. The van der Waals surface area contributed by atoms with E-state index in [1.165, 1.54) is 6.20 Å². The lowest BCUT2D eigenvalue weighted by molar-refractivity contribution is -0.385. The zero-order valence-corrected chi connectivity index (χ0v) is 7.02. The van der Waals surface area contributed by atoms with E-state index < -0.39 is 4.92 Å². The van der Waals surface area contributed by atoms with Crippen LogP contribution in [0.2, 0.25) is 0 Å². The van der Waals surface area contributed by atoms with Crippen LogP contribution in [-0.2, 0) is 6.54 Å². The summed E-state index contributed by atoms with van der Waals surface area (Å²) in [5.74, 6) is 0. The summed E-state index contributed by atoms with van der Waals surface area (Å²) in [6.45, 7) is 4.18. The summed E-state index contributed by atoms with van der Waals surface area (Å²) in [5.41, 5.74) is 0.676. The minimum atomic E-state index is -0.422. The van der Waals surface area contributed by atoms with Gasteiger partial charge in [0.1, 0.15) is 11.9 Å². The molecule has 5 nitrogen and oxygen atoms in total. The number of aromatic nitrogens is 2. The maximum absolute atomic E-state index is 10.4. The molecule has 1 aromatic rings. The van der Waals surface area contributed by atoms with Gasteiger partial charge < -0.3 is 0 Å². The highest BCUT2D eigenvalue weighted by atomic mass is 16.6. The first kappa shape index (κ1) is 8.70. The minimum absolute atomic E-state index is 0.0804. The average Bonchev–Trinajstić information content (AvgIpc) is 2.34. The molecular formula is C7H10N3O2. The van der Waals surface area contributed by atoms with Gasteiger partial charge in [-0.3, -0.25) is 14.8 Å². The molecule has 1 aromatic heterocycles. The van der Waals surface area contributed by atoms with Gasteiger partial charge in [0.05, 0.1) is 4.92 Å². The van der Waals surface area contributed by atoms with Crippen LogP contribution in [0.3, 0.4) is 0 Å². The van der Waals surface area contributed by atoms with Gasteiger partial charge in [0, 0.05) is 6.54 Å². The van der Waals surface area contributed by atoms with Gasteiger partial charge in [0.15, 0.2) is 0 Å². The average molecular weight is 168 g/mol. The van der Waals surface area contributed by atoms with Gasteiger partial charge in [-0.25, -0.2) is 0 Å². The monoisotopic (exact) mass is 168 g/mol. The van der Waals surface area contributed by atoms with Crippen LogP contribution in [0.4, 0.5) is 5.69 Å². The van der Waals surface area contributed by atoms with Gasteiger partial charge >= 0.3 is 5.69 Å². The Labute approximate surface area is 70.2 Å². The second-order valence-corrected chi connectivity index (χ2v) is 2.46. The quantitative estimate of drug-likeness (QED) is 0.505. The fourth-order valence-corrected chi connectivity index (χ4v) is 0.973. The zero-order chi connectivity index (χ0) is 9.14. The summed E-state index contributed by atoms with van der Waals surface area (Å²) in [5, 5.41) is 14.3. The summed E-state index contributed by atoms with van der Waals surface area (Å²) in [7, 11) is 0. The normalized spacial score (nSPS) is 10.2. The summed E-state index contributed by atoms with van der Waals surface area (Å²) in [6, 6.07) is 0. The van der Waals surface area contributed by atoms with E-state index in [2.05, 4.69) is 5.10 Å². The highest BCUT2D eigenvalue weighted by molar-refractivity contribution is 5.31. The Morgan fingerprint density at radius 1 is 1.83 bits per heavy atom. The van der Waals surface area contributed by atoms with E-state index >= 15 is 0 Å². The molecule has 5 heteroatoms. The first-order chi connectivity index (χ1) is 5.66. The molecule has 65 valence electrons. The van der Waals surface area contributed by atoms with Crippen molar-refractivity contribution < 1.29 is 4.92 Å². The maximum atomic E-state index is 10.4. The topological polar surface area (TPSA) is 61.0 Å². The lowest BCUT2D eigenvalue weighted by Gasteiger charge is -1.98. The predicted octanol–water partition coefficient (Wildman–Crippen LogP) is 1.32. The van der Waals surface area contributed by atoms with Gasteiger partial charge in [0.25, 0.3) is 0 Å². The first-order valence-corrected chi connectivity index (χ1v) is 3.61. The van der Waals surface area contributed by atoms with Gasteiger partial charge in [-0.1, -0.05) is 6.92 Å². The van der Waals surface area contributed by atoms with Crippen molar-refractivity contribution in [3.63, 3.8) is 0 Å². The molecule has 0 aliphatic rings. The van der Waals surface area contributed by atoms with Crippen LogP contribution in [-0.4, -0.2) is 14.7 Å². The van der Waals surface area contributed by atoms with Gasteiger partial charge in [-0.2, -0.15) is 5.10 Å². The van der Waals surface area contributed by atoms with E-state index in [0.29, 0.717) is 12.2 Å². The van der Waals surface area contributed by atoms with Crippen molar-refractivity contribution in [1.29, 1.82) is 0 Å². The Morgan fingerprint density at radius 2 is 2.50 bits per heavy atom. The molecule has 12 heavy (non-hydrogen) atoms. The Morgan fingerprint density at radius 3 is 2.92 bits per heavy atom. The van der Waals surface area contributed by atoms with Crippen LogP contribution in [0.25, 0.3) is 0 Å². The molecule has 0 aliphatic carbocycles. The Hall–Kier alpha value is -1.39. The smallest absolute Gasteiger partial charge is 0.262 e. The second-order valence-electron chi connectivity index (χ2n) is 2.46. The molecule has 0 amide bonds. The third-order valence-corrected chi connectivity index (χ3v) is 1.63. The highest BCUT2D eigenvalue weighted by Gasteiger charge is 2.15.